The fourth-order valence-corrected chi connectivity index (χ4v) is 3.12. The van der Waals surface area contributed by atoms with Crippen LogP contribution in [0.15, 0.2) is 60.8 Å². The van der Waals surface area contributed by atoms with E-state index in [0.717, 1.165) is 5.56 Å². The zero-order valence-corrected chi connectivity index (χ0v) is 15.5. The third-order valence-electron chi connectivity index (χ3n) is 4.66. The van der Waals surface area contributed by atoms with Crippen LogP contribution < -0.4 is 5.73 Å². The molecule has 1 amide bonds. The highest BCUT2D eigenvalue weighted by molar-refractivity contribution is 5.94. The van der Waals surface area contributed by atoms with Crippen LogP contribution in [-0.4, -0.2) is 39.3 Å². The molecule has 1 heterocycles. The molecule has 1 aromatic heterocycles. The summed E-state index contributed by atoms with van der Waals surface area (Å²) in [5.74, 6) is 0.103. The van der Waals surface area contributed by atoms with Gasteiger partial charge in [0.05, 0.1) is 17.9 Å². The summed E-state index contributed by atoms with van der Waals surface area (Å²) in [5.41, 5.74) is 8.35. The topological polar surface area (TPSA) is 108 Å². The Morgan fingerprint density at radius 2 is 1.93 bits per heavy atom. The molecule has 1 atom stereocenters. The normalized spacial score (nSPS) is 11.6. The molecular formula is C21H21N5O2. The number of hydrogen-bond donors (Lipinski definition) is 2. The average Bonchev–Trinajstić information content (AvgIpc) is 3.12. The highest BCUT2D eigenvalue weighted by Crippen LogP contribution is 2.25. The van der Waals surface area contributed by atoms with Crippen molar-refractivity contribution in [3.05, 3.63) is 77.5 Å². The third kappa shape index (κ3) is 3.72. The van der Waals surface area contributed by atoms with Crippen LogP contribution in [0.25, 0.3) is 5.69 Å². The van der Waals surface area contributed by atoms with Gasteiger partial charge in [0, 0.05) is 19.2 Å². The number of amides is 1. The van der Waals surface area contributed by atoms with Gasteiger partial charge in [-0.2, -0.15) is 10.4 Å². The van der Waals surface area contributed by atoms with E-state index in [1.165, 1.54) is 10.9 Å². The Balaban J connectivity index is 1.83. The second-order valence-corrected chi connectivity index (χ2v) is 6.37. The number of nitrogens with two attached hydrogens (primary N) is 1. The summed E-state index contributed by atoms with van der Waals surface area (Å²) in [5, 5.41) is 22.5. The Bertz CT molecular complexity index is 990. The van der Waals surface area contributed by atoms with Crippen LogP contribution in [0, 0.1) is 11.3 Å². The van der Waals surface area contributed by atoms with Gasteiger partial charge in [0.15, 0.2) is 0 Å². The van der Waals surface area contributed by atoms with Crippen molar-refractivity contribution in [1.29, 1.82) is 5.26 Å². The molecule has 0 fully saturated rings. The van der Waals surface area contributed by atoms with E-state index in [1.807, 2.05) is 36.4 Å². The zero-order chi connectivity index (χ0) is 20.1. The maximum Gasteiger partial charge on any atom is 0.254 e. The summed E-state index contributed by atoms with van der Waals surface area (Å²) in [4.78, 5) is 14.6. The van der Waals surface area contributed by atoms with E-state index in [0.29, 0.717) is 23.2 Å². The largest absolute Gasteiger partial charge is 0.396 e. The van der Waals surface area contributed by atoms with E-state index < -0.39 is 0 Å². The number of aromatic nitrogens is 2. The highest BCUT2D eigenvalue weighted by Gasteiger charge is 2.22. The molecule has 3 N–H and O–H groups in total. The average molecular weight is 375 g/mol. The first kappa shape index (κ1) is 19.1. The number of nitriles is 1. The molecule has 7 nitrogen and oxygen atoms in total. The lowest BCUT2D eigenvalue weighted by atomic mass is 10.0. The van der Waals surface area contributed by atoms with E-state index >= 15 is 0 Å². The van der Waals surface area contributed by atoms with E-state index in [4.69, 9.17) is 11.0 Å². The number of benzene rings is 2. The second kappa shape index (κ2) is 8.37. The van der Waals surface area contributed by atoms with Gasteiger partial charge in [-0.05, 0) is 36.2 Å². The lowest BCUT2D eigenvalue weighted by molar-refractivity contribution is 0.0705. The van der Waals surface area contributed by atoms with Crippen LogP contribution in [0.1, 0.15) is 33.9 Å². The summed E-state index contributed by atoms with van der Waals surface area (Å²) >= 11 is 0. The third-order valence-corrected chi connectivity index (χ3v) is 4.66. The Kier molecular flexibility index (Phi) is 5.72. The Morgan fingerprint density at radius 1 is 1.25 bits per heavy atom. The molecular weight excluding hydrogens is 354 g/mol. The summed E-state index contributed by atoms with van der Waals surface area (Å²) in [6.45, 7) is -0.0179. The van der Waals surface area contributed by atoms with E-state index in [9.17, 15) is 9.90 Å². The van der Waals surface area contributed by atoms with Gasteiger partial charge in [0.2, 0.25) is 0 Å². The molecule has 0 aliphatic heterocycles. The van der Waals surface area contributed by atoms with E-state index in [-0.39, 0.29) is 24.4 Å². The first-order valence-corrected chi connectivity index (χ1v) is 8.83. The van der Waals surface area contributed by atoms with Crippen LogP contribution in [0.5, 0.6) is 0 Å². The van der Waals surface area contributed by atoms with Crippen molar-refractivity contribution < 1.29 is 9.90 Å². The maximum absolute atomic E-state index is 13.0. The van der Waals surface area contributed by atoms with Crippen molar-refractivity contribution >= 4 is 11.7 Å². The summed E-state index contributed by atoms with van der Waals surface area (Å²) < 4.78 is 1.45. The molecule has 0 spiro atoms. The number of aliphatic hydroxyl groups is 1. The number of carbonyl (C=O) groups excluding carboxylic acids is 1. The lowest BCUT2D eigenvalue weighted by Gasteiger charge is -2.28. The number of nitrogens with zero attached hydrogens (tertiary/aromatic N) is 4. The Morgan fingerprint density at radius 3 is 2.50 bits per heavy atom. The summed E-state index contributed by atoms with van der Waals surface area (Å²) in [6.07, 6.45) is 1.85. The molecule has 2 aromatic carbocycles. The second-order valence-electron chi connectivity index (χ2n) is 6.37. The number of anilines is 1. The molecule has 0 unspecified atom stereocenters. The van der Waals surface area contributed by atoms with Crippen LogP contribution in [0.2, 0.25) is 0 Å². The molecule has 0 aliphatic carbocycles. The highest BCUT2D eigenvalue weighted by atomic mass is 16.3. The van der Waals surface area contributed by atoms with Gasteiger partial charge in [0.1, 0.15) is 17.5 Å². The number of carbonyl (C=O) groups is 1. The van der Waals surface area contributed by atoms with Crippen molar-refractivity contribution in [2.24, 2.45) is 0 Å². The Hall–Kier alpha value is -3.63. The molecule has 7 heteroatoms. The number of nitrogen functional groups attached to an aromatic ring is 1. The van der Waals surface area contributed by atoms with Gasteiger partial charge < -0.3 is 15.7 Å². The predicted octanol–water partition coefficient (Wildman–Crippen LogP) is 2.52. The van der Waals surface area contributed by atoms with Gasteiger partial charge in [0.25, 0.3) is 5.91 Å². The smallest absolute Gasteiger partial charge is 0.254 e. The van der Waals surface area contributed by atoms with Crippen molar-refractivity contribution in [1.82, 2.24) is 14.7 Å². The quantitative estimate of drug-likeness (QED) is 0.688. The molecule has 0 aliphatic rings. The first-order chi connectivity index (χ1) is 13.6. The minimum atomic E-state index is -0.224. The minimum absolute atomic E-state index is 0.0179. The predicted molar refractivity (Wildman–Crippen MR) is 106 cm³/mol. The molecule has 0 radical (unpaired) electrons. The molecule has 142 valence electrons. The van der Waals surface area contributed by atoms with Crippen molar-refractivity contribution in [3.8, 4) is 11.8 Å². The van der Waals surface area contributed by atoms with E-state index in [2.05, 4.69) is 5.10 Å². The maximum atomic E-state index is 13.0. The monoisotopic (exact) mass is 375 g/mol. The van der Waals surface area contributed by atoms with Gasteiger partial charge in [-0.3, -0.25) is 4.79 Å². The number of aliphatic hydroxyl groups excluding tert-OH is 1. The van der Waals surface area contributed by atoms with Gasteiger partial charge in [-0.25, -0.2) is 4.68 Å². The fraction of sp³-hybridized carbons (Fsp3) is 0.190. The van der Waals surface area contributed by atoms with Crippen LogP contribution >= 0.6 is 0 Å². The number of hydrogen-bond acceptors (Lipinski definition) is 5. The molecule has 0 saturated carbocycles. The van der Waals surface area contributed by atoms with Crippen LogP contribution in [0.3, 0.4) is 0 Å². The van der Waals surface area contributed by atoms with Crippen LogP contribution in [0.4, 0.5) is 5.82 Å². The molecule has 3 rings (SSSR count). The fourth-order valence-electron chi connectivity index (χ4n) is 3.12. The molecule has 3 aromatic rings. The van der Waals surface area contributed by atoms with E-state index in [1.54, 1.807) is 36.2 Å². The lowest BCUT2D eigenvalue weighted by Crippen LogP contribution is -2.31. The standard InChI is InChI=1S/C21H21N5O2/c1-25(19(11-12-27)15-5-3-2-4-6-15)21(28)16-7-9-18(10-8-16)26-20(23)17(13-22)14-24-26/h2-10,14,19,27H,11-12,23H2,1H3/t19-/m1/s1. The first-order valence-electron chi connectivity index (χ1n) is 8.83. The van der Waals surface area contributed by atoms with Crippen molar-refractivity contribution in [2.45, 2.75) is 12.5 Å². The summed E-state index contributed by atoms with van der Waals surface area (Å²) in [7, 11) is 1.73. The molecule has 0 bridgehead atoms. The zero-order valence-electron chi connectivity index (χ0n) is 15.5. The van der Waals surface area contributed by atoms with Crippen molar-refractivity contribution in [3.63, 3.8) is 0 Å². The van der Waals surface area contributed by atoms with Gasteiger partial charge >= 0.3 is 0 Å². The summed E-state index contributed by atoms with van der Waals surface area (Å²) in [6, 6.07) is 18.2. The molecule has 0 saturated heterocycles. The van der Waals surface area contributed by atoms with Gasteiger partial charge in [-0.1, -0.05) is 30.3 Å². The Labute approximate surface area is 163 Å². The number of rotatable bonds is 6. The van der Waals surface area contributed by atoms with Crippen molar-refractivity contribution in [2.75, 3.05) is 19.4 Å². The SMILES string of the molecule is CN(C(=O)c1ccc(-n2ncc(C#N)c2N)cc1)[C@H](CCO)c1ccccc1. The minimum Gasteiger partial charge on any atom is -0.396 e. The molecule has 28 heavy (non-hydrogen) atoms. The van der Waals surface area contributed by atoms with Gasteiger partial charge in [-0.15, -0.1) is 0 Å². The van der Waals surface area contributed by atoms with Crippen LogP contribution in [-0.2, 0) is 0 Å².